The first-order chi connectivity index (χ1) is 17.8. The predicted molar refractivity (Wildman–Crippen MR) is 136 cm³/mol. The summed E-state index contributed by atoms with van der Waals surface area (Å²) in [5.74, 6) is -3.00. The average Bonchev–Trinajstić information content (AvgIpc) is 2.80. The standard InChI is InChI=1S/C22H26N4O10S2/c27-21(23-17-7-11-19(12-8-17)37(33,34)15-25(29)30)5-3-1-2-4-6-22(28)24-18-9-13-20(14-10-18)38(35,36)16-26(31)32/h7-14H,1-6,15-16H2,(H,23,27)(H,24,28). The van der Waals surface area contributed by atoms with E-state index < -0.39 is 41.3 Å². The van der Waals surface area contributed by atoms with Gasteiger partial charge in [0.1, 0.15) is 0 Å². The minimum Gasteiger partial charge on any atom is -0.326 e. The maximum Gasteiger partial charge on any atom is 0.305 e. The van der Waals surface area contributed by atoms with Gasteiger partial charge in [0.25, 0.3) is 0 Å². The van der Waals surface area contributed by atoms with Crippen LogP contribution < -0.4 is 10.6 Å². The highest BCUT2D eigenvalue weighted by Gasteiger charge is 2.22. The third-order valence-corrected chi connectivity index (χ3v) is 8.19. The van der Waals surface area contributed by atoms with Crippen LogP contribution in [0.3, 0.4) is 0 Å². The Morgan fingerprint density at radius 1 is 0.605 bits per heavy atom. The van der Waals surface area contributed by atoms with Crippen molar-refractivity contribution in [2.75, 3.05) is 22.4 Å². The largest absolute Gasteiger partial charge is 0.326 e. The predicted octanol–water partition coefficient (Wildman–Crippen LogP) is 2.62. The van der Waals surface area contributed by atoms with Gasteiger partial charge in [-0.15, -0.1) is 0 Å². The Morgan fingerprint density at radius 2 is 0.921 bits per heavy atom. The molecule has 0 unspecified atom stereocenters. The van der Waals surface area contributed by atoms with Gasteiger partial charge in [-0.1, -0.05) is 12.8 Å². The summed E-state index contributed by atoms with van der Waals surface area (Å²) < 4.78 is 47.3. The highest BCUT2D eigenvalue weighted by atomic mass is 32.2. The number of carbonyl (C=O) groups excluding carboxylic acids is 2. The fourth-order valence-electron chi connectivity index (χ4n) is 3.29. The minimum absolute atomic E-state index is 0.208. The van der Waals surface area contributed by atoms with Gasteiger partial charge in [-0.05, 0) is 61.4 Å². The first kappa shape index (κ1) is 30.3. The highest BCUT2D eigenvalue weighted by Crippen LogP contribution is 2.18. The number of rotatable bonds is 15. The van der Waals surface area contributed by atoms with Gasteiger partial charge >= 0.3 is 11.8 Å². The molecule has 0 saturated carbocycles. The molecule has 0 atom stereocenters. The summed E-state index contributed by atoms with van der Waals surface area (Å²) in [5, 5.41) is 26.1. The molecule has 2 aromatic carbocycles. The summed E-state index contributed by atoms with van der Waals surface area (Å²) >= 11 is 0. The molecule has 0 heterocycles. The van der Waals surface area contributed by atoms with E-state index >= 15 is 0 Å². The third kappa shape index (κ3) is 10.2. The number of amides is 2. The molecule has 38 heavy (non-hydrogen) atoms. The Morgan fingerprint density at radius 3 is 1.21 bits per heavy atom. The summed E-state index contributed by atoms with van der Waals surface area (Å²) in [6.07, 6.45) is 2.90. The Hall–Kier alpha value is -3.92. The molecular formula is C22H26N4O10S2. The van der Waals surface area contributed by atoms with E-state index in [0.717, 1.165) is 0 Å². The molecular weight excluding hydrogens is 544 g/mol. The van der Waals surface area contributed by atoms with Crippen molar-refractivity contribution in [2.24, 2.45) is 0 Å². The number of carbonyl (C=O) groups is 2. The lowest BCUT2D eigenvalue weighted by Gasteiger charge is -2.07. The zero-order valence-corrected chi connectivity index (χ0v) is 21.7. The molecule has 2 N–H and O–H groups in total. The monoisotopic (exact) mass is 570 g/mol. The van der Waals surface area contributed by atoms with Gasteiger partial charge in [-0.2, -0.15) is 0 Å². The van der Waals surface area contributed by atoms with Gasteiger partial charge in [0.2, 0.25) is 31.5 Å². The minimum atomic E-state index is -4.05. The molecule has 0 radical (unpaired) electrons. The quantitative estimate of drug-likeness (QED) is 0.181. The molecule has 16 heteroatoms. The van der Waals surface area contributed by atoms with Gasteiger partial charge in [0, 0.05) is 34.1 Å². The summed E-state index contributed by atoms with van der Waals surface area (Å²) in [4.78, 5) is 42.8. The molecule has 0 bridgehead atoms. The van der Waals surface area contributed by atoms with Crippen molar-refractivity contribution in [1.29, 1.82) is 0 Å². The van der Waals surface area contributed by atoms with Crippen LogP contribution in [0.4, 0.5) is 11.4 Å². The van der Waals surface area contributed by atoms with E-state index in [2.05, 4.69) is 10.6 Å². The fourth-order valence-corrected chi connectivity index (χ4v) is 5.24. The summed E-state index contributed by atoms with van der Waals surface area (Å²) in [6, 6.07) is 10.1. The number of anilines is 2. The van der Waals surface area contributed by atoms with Crippen LogP contribution in [0.2, 0.25) is 0 Å². The molecule has 0 fully saturated rings. The van der Waals surface area contributed by atoms with Crippen LogP contribution in [-0.4, -0.2) is 50.3 Å². The van der Waals surface area contributed by atoms with Crippen LogP contribution in [0.15, 0.2) is 58.3 Å². The number of nitrogens with one attached hydrogen (secondary N) is 2. The molecule has 2 rings (SSSR count). The second kappa shape index (κ2) is 13.6. The molecule has 0 aromatic heterocycles. The maximum absolute atomic E-state index is 12.1. The van der Waals surface area contributed by atoms with Crippen LogP contribution in [0, 0.1) is 20.2 Å². The number of nitrogens with zero attached hydrogens (tertiary/aromatic N) is 2. The van der Waals surface area contributed by atoms with Crippen LogP contribution in [0.1, 0.15) is 38.5 Å². The van der Waals surface area contributed by atoms with E-state index in [1.165, 1.54) is 48.5 Å². The van der Waals surface area contributed by atoms with E-state index in [1.54, 1.807) is 0 Å². The first-order valence-corrected chi connectivity index (χ1v) is 14.6. The molecule has 0 aliphatic heterocycles. The maximum atomic E-state index is 12.1. The van der Waals surface area contributed by atoms with Crippen molar-refractivity contribution in [1.82, 2.24) is 0 Å². The Bertz CT molecular complexity index is 1270. The number of sulfone groups is 2. The summed E-state index contributed by atoms with van der Waals surface area (Å²) in [7, 11) is -8.09. The van der Waals surface area contributed by atoms with Crippen molar-refractivity contribution in [3.05, 3.63) is 68.8 Å². The Balaban J connectivity index is 1.66. The number of hydrogen-bond donors (Lipinski definition) is 2. The topological polar surface area (TPSA) is 213 Å². The number of nitro groups is 2. The van der Waals surface area contributed by atoms with Crippen LogP contribution >= 0.6 is 0 Å². The van der Waals surface area contributed by atoms with E-state index in [0.29, 0.717) is 37.1 Å². The molecule has 2 amide bonds. The van der Waals surface area contributed by atoms with Crippen molar-refractivity contribution in [2.45, 2.75) is 48.3 Å². The van der Waals surface area contributed by atoms with Crippen molar-refractivity contribution in [3.8, 4) is 0 Å². The van der Waals surface area contributed by atoms with Crippen molar-refractivity contribution in [3.63, 3.8) is 0 Å². The zero-order valence-electron chi connectivity index (χ0n) is 20.1. The molecule has 0 spiro atoms. The average molecular weight is 571 g/mol. The normalized spacial score (nSPS) is 11.5. The highest BCUT2D eigenvalue weighted by molar-refractivity contribution is 7.91. The van der Waals surface area contributed by atoms with Gasteiger partial charge in [0.15, 0.2) is 0 Å². The molecule has 0 aliphatic carbocycles. The lowest BCUT2D eigenvalue weighted by atomic mass is 10.1. The van der Waals surface area contributed by atoms with Gasteiger partial charge in [0.05, 0.1) is 9.79 Å². The van der Waals surface area contributed by atoms with Crippen molar-refractivity contribution < 1.29 is 36.3 Å². The fraction of sp³-hybridized carbons (Fsp3) is 0.364. The van der Waals surface area contributed by atoms with E-state index in [1.807, 2.05) is 0 Å². The third-order valence-electron chi connectivity index (χ3n) is 5.10. The molecule has 0 saturated heterocycles. The second-order valence-corrected chi connectivity index (χ2v) is 12.1. The first-order valence-electron chi connectivity index (χ1n) is 11.3. The van der Waals surface area contributed by atoms with Crippen LogP contribution in [0.5, 0.6) is 0 Å². The van der Waals surface area contributed by atoms with Crippen LogP contribution in [0.25, 0.3) is 0 Å². The smallest absolute Gasteiger partial charge is 0.305 e. The zero-order chi connectivity index (χ0) is 28.3. The molecule has 0 aliphatic rings. The molecule has 206 valence electrons. The molecule has 14 nitrogen and oxygen atoms in total. The summed E-state index contributed by atoms with van der Waals surface area (Å²) in [6.45, 7) is 0. The van der Waals surface area contributed by atoms with Gasteiger partial charge < -0.3 is 10.6 Å². The number of unbranched alkanes of at least 4 members (excludes halogenated alkanes) is 3. The van der Waals surface area contributed by atoms with Crippen molar-refractivity contribution >= 4 is 42.9 Å². The Kier molecular flexibility index (Phi) is 10.8. The van der Waals surface area contributed by atoms with E-state index in [-0.39, 0.29) is 34.4 Å². The van der Waals surface area contributed by atoms with E-state index in [9.17, 15) is 46.7 Å². The number of hydrogen-bond acceptors (Lipinski definition) is 10. The van der Waals surface area contributed by atoms with Gasteiger partial charge in [-0.25, -0.2) is 16.8 Å². The van der Waals surface area contributed by atoms with E-state index in [4.69, 9.17) is 0 Å². The SMILES string of the molecule is O=C(CCCCCCC(=O)Nc1ccc(S(=O)(=O)C[N+](=O)[O-])cc1)Nc1ccc(S(=O)(=O)C[N+](=O)[O-])cc1. The Labute approximate surface area is 218 Å². The lowest BCUT2D eigenvalue weighted by molar-refractivity contribution is -0.458. The second-order valence-electron chi connectivity index (χ2n) is 8.21. The van der Waals surface area contributed by atoms with Gasteiger partial charge in [-0.3, -0.25) is 29.8 Å². The van der Waals surface area contributed by atoms with Crippen LogP contribution in [-0.2, 0) is 29.3 Å². The molecule has 2 aromatic rings. The number of benzene rings is 2. The lowest BCUT2D eigenvalue weighted by Crippen LogP contribution is -2.15. The summed E-state index contributed by atoms with van der Waals surface area (Å²) in [5.41, 5.74) is 0.713.